The largest absolute Gasteiger partial charge is 0.312 e. The lowest BCUT2D eigenvalue weighted by Gasteiger charge is -2.42. The molecule has 2 unspecified atom stereocenters. The van der Waals surface area contributed by atoms with Gasteiger partial charge in [-0.25, -0.2) is 4.99 Å². The highest BCUT2D eigenvalue weighted by molar-refractivity contribution is 7.78. The van der Waals surface area contributed by atoms with Crippen LogP contribution in [-0.4, -0.2) is 40.8 Å². The minimum absolute atomic E-state index is 0.154. The first-order valence-electron chi connectivity index (χ1n) is 7.23. The minimum Gasteiger partial charge on any atom is -0.312 e. The summed E-state index contributed by atoms with van der Waals surface area (Å²) in [5, 5.41) is 2.42. The number of nitrogens with zero attached hydrogens (tertiary/aromatic N) is 3. The molecule has 2 aliphatic heterocycles. The van der Waals surface area contributed by atoms with Gasteiger partial charge in [-0.05, 0) is 43.6 Å². The Kier molecular flexibility index (Phi) is 4.10. The minimum atomic E-state index is 0.154. The third kappa shape index (κ3) is 2.75. The zero-order valence-electron chi connectivity index (χ0n) is 11.5. The van der Waals surface area contributed by atoms with Crippen LogP contribution in [0.3, 0.4) is 0 Å². The van der Waals surface area contributed by atoms with Crippen molar-refractivity contribution in [3.05, 3.63) is 34.2 Å². The maximum Gasteiger partial charge on any atom is 0.250 e. The number of thiocarbonyl (C=S) groups is 1. The third-order valence-electron chi connectivity index (χ3n) is 4.36. The van der Waals surface area contributed by atoms with Gasteiger partial charge in [-0.2, -0.15) is 0 Å². The van der Waals surface area contributed by atoms with Crippen molar-refractivity contribution in [1.82, 2.24) is 9.47 Å². The Bertz CT molecular complexity index is 591. The van der Waals surface area contributed by atoms with E-state index in [9.17, 15) is 4.79 Å². The standard InChI is InChI=1S/C15H19N3OS/c19-15-4-1-3-14-13-7-12(9-18(14)15)8-17(10-13)6-2-5-16-11-20/h1,3-4,12-13H,2,5-10H2. The molecule has 0 radical (unpaired) electrons. The molecule has 0 saturated carbocycles. The van der Waals surface area contributed by atoms with Crippen molar-refractivity contribution >= 4 is 17.4 Å². The Balaban J connectivity index is 1.70. The first kappa shape index (κ1) is 13.7. The molecule has 2 aliphatic rings. The lowest BCUT2D eigenvalue weighted by molar-refractivity contribution is 0.120. The van der Waals surface area contributed by atoms with E-state index in [1.165, 1.54) is 12.1 Å². The number of fused-ring (bicyclic) bond motifs is 4. The normalized spacial score (nSPS) is 24.8. The van der Waals surface area contributed by atoms with Gasteiger partial charge in [-0.1, -0.05) is 6.07 Å². The van der Waals surface area contributed by atoms with Crippen LogP contribution in [0, 0.1) is 5.92 Å². The van der Waals surface area contributed by atoms with Gasteiger partial charge in [-0.15, -0.1) is 0 Å². The summed E-state index contributed by atoms with van der Waals surface area (Å²) in [5.41, 5.74) is 1.37. The molecule has 0 N–H and O–H groups in total. The quantitative estimate of drug-likeness (QED) is 0.481. The van der Waals surface area contributed by atoms with Gasteiger partial charge in [0.05, 0.1) is 11.7 Å². The Morgan fingerprint density at radius 1 is 1.35 bits per heavy atom. The maximum atomic E-state index is 11.9. The van der Waals surface area contributed by atoms with Gasteiger partial charge < -0.3 is 9.47 Å². The zero-order chi connectivity index (χ0) is 13.9. The molecule has 4 nitrogen and oxygen atoms in total. The molecule has 1 saturated heterocycles. The molecule has 3 heterocycles. The molecule has 2 atom stereocenters. The van der Waals surface area contributed by atoms with Gasteiger partial charge in [0.15, 0.2) is 0 Å². The fourth-order valence-corrected chi connectivity index (χ4v) is 3.69. The van der Waals surface area contributed by atoms with Crippen LogP contribution in [0.15, 0.2) is 28.0 Å². The summed E-state index contributed by atoms with van der Waals surface area (Å²) in [5.74, 6) is 1.11. The highest BCUT2D eigenvalue weighted by Crippen LogP contribution is 2.34. The van der Waals surface area contributed by atoms with E-state index in [4.69, 9.17) is 0 Å². The molecule has 1 aromatic heterocycles. The molecule has 106 valence electrons. The lowest BCUT2D eigenvalue weighted by atomic mass is 9.83. The van der Waals surface area contributed by atoms with Crippen molar-refractivity contribution in [3.8, 4) is 0 Å². The summed E-state index contributed by atoms with van der Waals surface area (Å²) in [4.78, 5) is 18.4. The topological polar surface area (TPSA) is 37.6 Å². The fourth-order valence-electron chi connectivity index (χ4n) is 3.60. The van der Waals surface area contributed by atoms with Crippen LogP contribution in [0.2, 0.25) is 0 Å². The molecule has 1 fully saturated rings. The van der Waals surface area contributed by atoms with Gasteiger partial charge in [0, 0.05) is 37.3 Å². The van der Waals surface area contributed by atoms with E-state index in [1.54, 1.807) is 6.07 Å². The van der Waals surface area contributed by atoms with Crippen molar-refractivity contribution in [2.75, 3.05) is 26.2 Å². The Morgan fingerprint density at radius 3 is 3.10 bits per heavy atom. The highest BCUT2D eigenvalue weighted by Gasteiger charge is 2.33. The first-order chi connectivity index (χ1) is 9.78. The number of aliphatic imine (C=N–C) groups is 1. The number of hydrogen-bond acceptors (Lipinski definition) is 4. The SMILES string of the molecule is O=c1cccc2n1CC1CC2CN(CCCN=C=S)C1. The van der Waals surface area contributed by atoms with Crippen LogP contribution in [0.5, 0.6) is 0 Å². The number of hydrogen-bond donors (Lipinski definition) is 0. The van der Waals surface area contributed by atoms with E-state index in [0.29, 0.717) is 11.8 Å². The molecule has 0 aliphatic carbocycles. The Hall–Kier alpha value is -1.29. The first-order valence-corrected chi connectivity index (χ1v) is 7.64. The molecule has 20 heavy (non-hydrogen) atoms. The van der Waals surface area contributed by atoms with Crippen molar-refractivity contribution < 1.29 is 0 Å². The van der Waals surface area contributed by atoms with Gasteiger partial charge in [0.1, 0.15) is 0 Å². The predicted octanol–water partition coefficient (Wildman–Crippen LogP) is 1.76. The second-order valence-electron chi connectivity index (χ2n) is 5.78. The van der Waals surface area contributed by atoms with Crippen molar-refractivity contribution in [3.63, 3.8) is 0 Å². The average Bonchev–Trinajstić information content (AvgIpc) is 2.45. The Morgan fingerprint density at radius 2 is 2.25 bits per heavy atom. The van der Waals surface area contributed by atoms with E-state index in [-0.39, 0.29) is 5.56 Å². The van der Waals surface area contributed by atoms with Crippen molar-refractivity contribution in [1.29, 1.82) is 0 Å². The zero-order valence-corrected chi connectivity index (χ0v) is 12.3. The number of pyridine rings is 1. The number of piperidine rings is 1. The summed E-state index contributed by atoms with van der Waals surface area (Å²) in [7, 11) is 0. The van der Waals surface area contributed by atoms with E-state index in [0.717, 1.165) is 39.1 Å². The van der Waals surface area contributed by atoms with Gasteiger partial charge in [0.2, 0.25) is 0 Å². The van der Waals surface area contributed by atoms with Crippen LogP contribution >= 0.6 is 12.2 Å². The summed E-state index contributed by atoms with van der Waals surface area (Å²) in [6, 6.07) is 5.68. The Labute approximate surface area is 124 Å². The molecule has 5 heteroatoms. The second-order valence-corrected chi connectivity index (χ2v) is 5.97. The second kappa shape index (κ2) is 6.00. The molecular formula is C15H19N3OS. The highest BCUT2D eigenvalue weighted by atomic mass is 32.1. The van der Waals surface area contributed by atoms with E-state index in [2.05, 4.69) is 33.3 Å². The third-order valence-corrected chi connectivity index (χ3v) is 4.49. The number of rotatable bonds is 4. The van der Waals surface area contributed by atoms with Crippen LogP contribution in [0.4, 0.5) is 0 Å². The van der Waals surface area contributed by atoms with E-state index < -0.39 is 0 Å². The van der Waals surface area contributed by atoms with Crippen molar-refractivity contribution in [2.24, 2.45) is 10.9 Å². The summed E-state index contributed by atoms with van der Waals surface area (Å²) < 4.78 is 1.98. The summed E-state index contributed by atoms with van der Waals surface area (Å²) >= 11 is 4.58. The van der Waals surface area contributed by atoms with Crippen LogP contribution in [0.25, 0.3) is 0 Å². The van der Waals surface area contributed by atoms with E-state index >= 15 is 0 Å². The molecule has 2 bridgehead atoms. The van der Waals surface area contributed by atoms with Crippen LogP contribution in [-0.2, 0) is 6.54 Å². The number of isothiocyanates is 1. The van der Waals surface area contributed by atoms with Crippen LogP contribution < -0.4 is 5.56 Å². The van der Waals surface area contributed by atoms with Crippen LogP contribution in [0.1, 0.15) is 24.5 Å². The fraction of sp³-hybridized carbons (Fsp3) is 0.600. The number of aromatic nitrogens is 1. The molecular weight excluding hydrogens is 270 g/mol. The van der Waals surface area contributed by atoms with Crippen molar-refractivity contribution in [2.45, 2.75) is 25.3 Å². The van der Waals surface area contributed by atoms with Gasteiger partial charge in [0.25, 0.3) is 5.56 Å². The lowest BCUT2D eigenvalue weighted by Crippen LogP contribution is -2.47. The predicted molar refractivity (Wildman–Crippen MR) is 82.5 cm³/mol. The monoisotopic (exact) mass is 289 g/mol. The molecule has 1 aromatic rings. The summed E-state index contributed by atoms with van der Waals surface area (Å²) in [6.45, 7) is 4.86. The van der Waals surface area contributed by atoms with Gasteiger partial charge >= 0.3 is 0 Å². The van der Waals surface area contributed by atoms with E-state index in [1.807, 2.05) is 10.6 Å². The molecule has 3 rings (SSSR count). The average molecular weight is 289 g/mol. The number of likely N-dealkylation sites (tertiary alicyclic amines) is 1. The smallest absolute Gasteiger partial charge is 0.250 e. The molecule has 0 spiro atoms. The molecule has 0 aromatic carbocycles. The summed E-state index contributed by atoms with van der Waals surface area (Å²) in [6.07, 6.45) is 2.25. The maximum absolute atomic E-state index is 11.9. The van der Waals surface area contributed by atoms with Gasteiger partial charge in [-0.3, -0.25) is 4.79 Å². The molecule has 0 amide bonds.